The van der Waals surface area contributed by atoms with Crippen molar-refractivity contribution in [2.24, 2.45) is 0 Å². The van der Waals surface area contributed by atoms with E-state index in [0.717, 1.165) is 24.1 Å². The van der Waals surface area contributed by atoms with E-state index in [2.05, 4.69) is 39.7 Å². The van der Waals surface area contributed by atoms with Crippen molar-refractivity contribution >= 4 is 15.9 Å². The SMILES string of the molecule is CCN(CC)Cc1cnccc1Br. The third-order valence-corrected chi connectivity index (χ3v) is 2.91. The van der Waals surface area contributed by atoms with Gasteiger partial charge >= 0.3 is 0 Å². The molecule has 0 aliphatic carbocycles. The summed E-state index contributed by atoms with van der Waals surface area (Å²) in [6.45, 7) is 7.48. The van der Waals surface area contributed by atoms with Crippen LogP contribution in [0.2, 0.25) is 0 Å². The molecule has 0 fully saturated rings. The highest BCUT2D eigenvalue weighted by Gasteiger charge is 2.03. The third-order valence-electron chi connectivity index (χ3n) is 2.13. The summed E-state index contributed by atoms with van der Waals surface area (Å²) in [5, 5.41) is 0. The Morgan fingerprint density at radius 1 is 1.38 bits per heavy atom. The Hall–Kier alpha value is -0.410. The third kappa shape index (κ3) is 3.08. The summed E-state index contributed by atoms with van der Waals surface area (Å²) in [7, 11) is 0. The highest BCUT2D eigenvalue weighted by Crippen LogP contribution is 2.16. The topological polar surface area (TPSA) is 16.1 Å². The molecular formula is C10H15BrN2. The zero-order valence-corrected chi connectivity index (χ0v) is 9.71. The van der Waals surface area contributed by atoms with Crippen LogP contribution in [0.5, 0.6) is 0 Å². The summed E-state index contributed by atoms with van der Waals surface area (Å²) in [6, 6.07) is 1.98. The fourth-order valence-corrected chi connectivity index (χ4v) is 1.56. The Balaban J connectivity index is 2.67. The minimum atomic E-state index is 0.974. The molecule has 0 radical (unpaired) electrons. The number of hydrogen-bond donors (Lipinski definition) is 0. The first kappa shape index (κ1) is 10.7. The molecule has 0 aromatic carbocycles. The normalized spacial score (nSPS) is 10.8. The van der Waals surface area contributed by atoms with Gasteiger partial charge in [0.05, 0.1) is 0 Å². The van der Waals surface area contributed by atoms with Gasteiger partial charge in [-0.15, -0.1) is 0 Å². The van der Waals surface area contributed by atoms with Gasteiger partial charge < -0.3 is 0 Å². The Kier molecular flexibility index (Phi) is 4.39. The van der Waals surface area contributed by atoms with Crippen molar-refractivity contribution in [1.29, 1.82) is 0 Å². The van der Waals surface area contributed by atoms with Crippen molar-refractivity contribution in [3.63, 3.8) is 0 Å². The lowest BCUT2D eigenvalue weighted by Crippen LogP contribution is -2.22. The minimum absolute atomic E-state index is 0.974. The molecular weight excluding hydrogens is 228 g/mol. The summed E-state index contributed by atoms with van der Waals surface area (Å²) in [5.74, 6) is 0. The van der Waals surface area contributed by atoms with Crippen molar-refractivity contribution in [2.45, 2.75) is 20.4 Å². The van der Waals surface area contributed by atoms with Gasteiger partial charge in [0.1, 0.15) is 0 Å². The number of pyridine rings is 1. The highest BCUT2D eigenvalue weighted by atomic mass is 79.9. The second kappa shape index (κ2) is 5.35. The Morgan fingerprint density at radius 3 is 2.62 bits per heavy atom. The zero-order valence-electron chi connectivity index (χ0n) is 8.13. The van der Waals surface area contributed by atoms with Crippen LogP contribution in [-0.2, 0) is 6.54 Å². The molecule has 0 aliphatic rings. The maximum atomic E-state index is 4.11. The van der Waals surface area contributed by atoms with Crippen LogP contribution in [0.25, 0.3) is 0 Å². The van der Waals surface area contributed by atoms with Gasteiger partial charge in [0, 0.05) is 23.4 Å². The van der Waals surface area contributed by atoms with E-state index in [1.165, 1.54) is 5.56 Å². The molecule has 72 valence electrons. The van der Waals surface area contributed by atoms with Crippen molar-refractivity contribution in [3.8, 4) is 0 Å². The lowest BCUT2D eigenvalue weighted by atomic mass is 10.2. The number of rotatable bonds is 4. The standard InChI is InChI=1S/C10H15BrN2/c1-3-13(4-2)8-9-7-12-6-5-10(9)11/h5-7H,3-4,8H2,1-2H3. The van der Waals surface area contributed by atoms with Crippen molar-refractivity contribution in [1.82, 2.24) is 9.88 Å². The first-order valence-corrected chi connectivity index (χ1v) is 5.38. The van der Waals surface area contributed by atoms with E-state index in [9.17, 15) is 0 Å². The van der Waals surface area contributed by atoms with Crippen LogP contribution in [0.15, 0.2) is 22.9 Å². The van der Waals surface area contributed by atoms with Crippen molar-refractivity contribution < 1.29 is 0 Å². The molecule has 1 aromatic heterocycles. The zero-order chi connectivity index (χ0) is 9.68. The predicted molar refractivity (Wildman–Crippen MR) is 58.6 cm³/mol. The summed E-state index contributed by atoms with van der Waals surface area (Å²) in [6.07, 6.45) is 3.72. The molecule has 1 rings (SSSR count). The maximum absolute atomic E-state index is 4.11. The number of aromatic nitrogens is 1. The second-order valence-corrected chi connectivity index (χ2v) is 3.78. The second-order valence-electron chi connectivity index (χ2n) is 2.93. The largest absolute Gasteiger partial charge is 0.300 e. The fourth-order valence-electron chi connectivity index (χ4n) is 1.21. The van der Waals surface area contributed by atoms with E-state index in [-0.39, 0.29) is 0 Å². The lowest BCUT2D eigenvalue weighted by molar-refractivity contribution is 0.295. The van der Waals surface area contributed by atoms with Crippen LogP contribution in [-0.4, -0.2) is 23.0 Å². The fraction of sp³-hybridized carbons (Fsp3) is 0.500. The van der Waals surface area contributed by atoms with E-state index < -0.39 is 0 Å². The predicted octanol–water partition coefficient (Wildman–Crippen LogP) is 2.69. The number of halogens is 1. The van der Waals surface area contributed by atoms with Gasteiger partial charge in [0.15, 0.2) is 0 Å². The van der Waals surface area contributed by atoms with Crippen LogP contribution >= 0.6 is 15.9 Å². The van der Waals surface area contributed by atoms with Gasteiger partial charge in [-0.05, 0) is 24.7 Å². The monoisotopic (exact) mass is 242 g/mol. The van der Waals surface area contributed by atoms with E-state index in [4.69, 9.17) is 0 Å². The van der Waals surface area contributed by atoms with E-state index in [1.54, 1.807) is 6.20 Å². The van der Waals surface area contributed by atoms with Crippen LogP contribution in [0.1, 0.15) is 19.4 Å². The van der Waals surface area contributed by atoms with E-state index >= 15 is 0 Å². The van der Waals surface area contributed by atoms with Gasteiger partial charge in [0.25, 0.3) is 0 Å². The van der Waals surface area contributed by atoms with Crippen molar-refractivity contribution in [3.05, 3.63) is 28.5 Å². The molecule has 0 saturated carbocycles. The van der Waals surface area contributed by atoms with Crippen molar-refractivity contribution in [2.75, 3.05) is 13.1 Å². The molecule has 0 saturated heterocycles. The minimum Gasteiger partial charge on any atom is -0.300 e. The van der Waals surface area contributed by atoms with Gasteiger partial charge in [-0.1, -0.05) is 29.8 Å². The number of hydrogen-bond acceptors (Lipinski definition) is 2. The van der Waals surface area contributed by atoms with Crippen LogP contribution < -0.4 is 0 Å². The maximum Gasteiger partial charge on any atom is 0.0324 e. The van der Waals surface area contributed by atoms with Gasteiger partial charge in [-0.3, -0.25) is 9.88 Å². The molecule has 3 heteroatoms. The first-order valence-electron chi connectivity index (χ1n) is 4.58. The summed E-state index contributed by atoms with van der Waals surface area (Å²) in [4.78, 5) is 6.47. The van der Waals surface area contributed by atoms with Crippen LogP contribution in [0.4, 0.5) is 0 Å². The molecule has 0 unspecified atom stereocenters. The highest BCUT2D eigenvalue weighted by molar-refractivity contribution is 9.10. The molecule has 0 atom stereocenters. The van der Waals surface area contributed by atoms with Crippen LogP contribution in [0, 0.1) is 0 Å². The molecule has 1 aromatic rings. The molecule has 0 N–H and O–H groups in total. The van der Waals surface area contributed by atoms with Gasteiger partial charge in [-0.25, -0.2) is 0 Å². The Morgan fingerprint density at radius 2 is 2.08 bits per heavy atom. The average molecular weight is 243 g/mol. The smallest absolute Gasteiger partial charge is 0.0324 e. The van der Waals surface area contributed by atoms with Crippen LogP contribution in [0.3, 0.4) is 0 Å². The quantitative estimate of drug-likeness (QED) is 0.808. The molecule has 0 spiro atoms. The first-order chi connectivity index (χ1) is 6.27. The molecule has 1 heterocycles. The van der Waals surface area contributed by atoms with Gasteiger partial charge in [-0.2, -0.15) is 0 Å². The molecule has 0 bridgehead atoms. The molecule has 13 heavy (non-hydrogen) atoms. The molecule has 2 nitrogen and oxygen atoms in total. The van der Waals surface area contributed by atoms with E-state index in [1.807, 2.05) is 12.3 Å². The summed E-state index contributed by atoms with van der Waals surface area (Å²) in [5.41, 5.74) is 1.26. The van der Waals surface area contributed by atoms with Gasteiger partial charge in [0.2, 0.25) is 0 Å². The summed E-state index contributed by atoms with van der Waals surface area (Å²) >= 11 is 3.52. The Labute approximate surface area is 88.1 Å². The van der Waals surface area contributed by atoms with E-state index in [0.29, 0.717) is 0 Å². The lowest BCUT2D eigenvalue weighted by Gasteiger charge is -2.18. The molecule has 0 aliphatic heterocycles. The molecule has 0 amide bonds. The number of nitrogens with zero attached hydrogens (tertiary/aromatic N) is 2. The Bertz CT molecular complexity index is 259. The average Bonchev–Trinajstić information content (AvgIpc) is 2.17. The summed E-state index contributed by atoms with van der Waals surface area (Å²) < 4.78 is 1.15.